The number of urea groups is 1. The van der Waals surface area contributed by atoms with Crippen molar-refractivity contribution in [2.75, 3.05) is 13.1 Å². The third-order valence-corrected chi connectivity index (χ3v) is 3.63. The van der Waals surface area contributed by atoms with Crippen molar-refractivity contribution in [3.05, 3.63) is 59.0 Å². The van der Waals surface area contributed by atoms with Crippen LogP contribution >= 0.6 is 0 Å². The van der Waals surface area contributed by atoms with Crippen LogP contribution in [0.4, 0.5) is 4.79 Å². The van der Waals surface area contributed by atoms with Gasteiger partial charge >= 0.3 is 6.03 Å². The molecule has 0 bridgehead atoms. The molecule has 1 atom stereocenters. The Hall–Kier alpha value is -2.27. The first-order valence-electron chi connectivity index (χ1n) is 7.72. The number of aliphatic hydroxyl groups is 1. The Morgan fingerprint density at radius 3 is 2.52 bits per heavy atom. The van der Waals surface area contributed by atoms with Gasteiger partial charge in [-0.15, -0.1) is 0 Å². The Kier molecular flexibility index (Phi) is 5.45. The number of nitrogens with one attached hydrogen (secondary N) is 2. The molecule has 124 valence electrons. The number of hydrogen-bond acceptors (Lipinski definition) is 3. The molecule has 5 heteroatoms. The van der Waals surface area contributed by atoms with Gasteiger partial charge in [0.25, 0.3) is 0 Å². The third kappa shape index (κ3) is 5.14. The van der Waals surface area contributed by atoms with E-state index in [1.165, 1.54) is 23.0 Å². The topological polar surface area (TPSA) is 74.5 Å². The van der Waals surface area contributed by atoms with Crippen molar-refractivity contribution in [1.29, 1.82) is 0 Å². The zero-order chi connectivity index (χ0) is 16.9. The highest BCUT2D eigenvalue weighted by atomic mass is 16.4. The van der Waals surface area contributed by atoms with E-state index in [0.29, 0.717) is 12.3 Å². The summed E-state index contributed by atoms with van der Waals surface area (Å²) in [7, 11) is 0. The lowest BCUT2D eigenvalue weighted by molar-refractivity contribution is 0.0367. The molecular formula is C18H24N2O3. The second kappa shape index (κ2) is 7.33. The average molecular weight is 316 g/mol. The highest BCUT2D eigenvalue weighted by Crippen LogP contribution is 2.19. The van der Waals surface area contributed by atoms with Crippen LogP contribution in [0.3, 0.4) is 0 Å². The van der Waals surface area contributed by atoms with Gasteiger partial charge in [0.15, 0.2) is 0 Å². The first-order chi connectivity index (χ1) is 10.9. The lowest BCUT2D eigenvalue weighted by Gasteiger charge is -2.21. The molecule has 0 spiro atoms. The van der Waals surface area contributed by atoms with Crippen LogP contribution in [0.2, 0.25) is 0 Å². The second-order valence-electron chi connectivity index (χ2n) is 6.11. The maximum Gasteiger partial charge on any atom is 0.314 e. The molecule has 0 radical (unpaired) electrons. The summed E-state index contributed by atoms with van der Waals surface area (Å²) in [4.78, 5) is 11.8. The monoisotopic (exact) mass is 316 g/mol. The van der Waals surface area contributed by atoms with E-state index >= 15 is 0 Å². The fourth-order valence-electron chi connectivity index (χ4n) is 2.52. The molecular weight excluding hydrogens is 292 g/mol. The molecule has 3 N–H and O–H groups in total. The van der Waals surface area contributed by atoms with Gasteiger partial charge in [-0.05, 0) is 44.9 Å². The molecule has 5 nitrogen and oxygen atoms in total. The van der Waals surface area contributed by atoms with E-state index in [2.05, 4.69) is 42.7 Å². The molecule has 0 aliphatic carbocycles. The minimum atomic E-state index is -1.23. The van der Waals surface area contributed by atoms with Crippen LogP contribution in [0, 0.1) is 13.8 Å². The van der Waals surface area contributed by atoms with Gasteiger partial charge in [0.1, 0.15) is 11.4 Å². The van der Waals surface area contributed by atoms with E-state index in [0.717, 1.165) is 6.42 Å². The largest absolute Gasteiger partial charge is 0.466 e. The summed E-state index contributed by atoms with van der Waals surface area (Å²) in [6, 6.07) is 9.44. The predicted octanol–water partition coefficient (Wildman–Crippen LogP) is 2.65. The van der Waals surface area contributed by atoms with E-state index < -0.39 is 5.60 Å². The number of aryl methyl sites for hydroxylation is 2. The van der Waals surface area contributed by atoms with Gasteiger partial charge in [0.05, 0.1) is 12.8 Å². The lowest BCUT2D eigenvalue weighted by Crippen LogP contribution is -2.43. The summed E-state index contributed by atoms with van der Waals surface area (Å²) < 4.78 is 5.17. The molecule has 2 aromatic rings. The van der Waals surface area contributed by atoms with Crippen molar-refractivity contribution in [3.63, 3.8) is 0 Å². The average Bonchev–Trinajstić information content (AvgIpc) is 2.99. The molecule has 0 saturated carbocycles. The van der Waals surface area contributed by atoms with Gasteiger partial charge in [-0.25, -0.2) is 4.79 Å². The minimum Gasteiger partial charge on any atom is -0.466 e. The number of rotatable bonds is 6. The van der Waals surface area contributed by atoms with E-state index in [9.17, 15) is 9.90 Å². The van der Waals surface area contributed by atoms with E-state index in [1.807, 2.05) is 0 Å². The van der Waals surface area contributed by atoms with Crippen molar-refractivity contribution >= 4 is 6.03 Å². The first kappa shape index (κ1) is 17.1. The highest BCUT2D eigenvalue weighted by Gasteiger charge is 2.26. The van der Waals surface area contributed by atoms with Crippen molar-refractivity contribution in [2.24, 2.45) is 0 Å². The highest BCUT2D eigenvalue weighted by molar-refractivity contribution is 5.73. The summed E-state index contributed by atoms with van der Waals surface area (Å²) in [5.74, 6) is 0.424. The van der Waals surface area contributed by atoms with Gasteiger partial charge in [-0.3, -0.25) is 0 Å². The van der Waals surface area contributed by atoms with E-state index in [1.54, 1.807) is 19.1 Å². The quantitative estimate of drug-likeness (QED) is 0.767. The molecule has 1 aromatic carbocycles. The van der Waals surface area contributed by atoms with Crippen LogP contribution in [-0.4, -0.2) is 24.2 Å². The summed E-state index contributed by atoms with van der Waals surface area (Å²) in [5, 5.41) is 15.7. The third-order valence-electron chi connectivity index (χ3n) is 3.63. The SMILES string of the molecule is Cc1cc(C)cc(CCNC(=O)NCC(C)(O)c2ccco2)c1. The maximum absolute atomic E-state index is 11.8. The van der Waals surface area contributed by atoms with Crippen molar-refractivity contribution in [3.8, 4) is 0 Å². The smallest absolute Gasteiger partial charge is 0.314 e. The second-order valence-corrected chi connectivity index (χ2v) is 6.11. The van der Waals surface area contributed by atoms with Gasteiger partial charge in [-0.2, -0.15) is 0 Å². The maximum atomic E-state index is 11.8. The zero-order valence-corrected chi connectivity index (χ0v) is 13.8. The van der Waals surface area contributed by atoms with Crippen LogP contribution in [-0.2, 0) is 12.0 Å². The van der Waals surface area contributed by atoms with Crippen LogP contribution in [0.1, 0.15) is 29.4 Å². The summed E-state index contributed by atoms with van der Waals surface area (Å²) in [6.07, 6.45) is 2.26. The lowest BCUT2D eigenvalue weighted by atomic mass is 10.0. The molecule has 1 heterocycles. The molecule has 2 amide bonds. The fourth-order valence-corrected chi connectivity index (χ4v) is 2.52. The van der Waals surface area contributed by atoms with Crippen LogP contribution in [0.15, 0.2) is 41.0 Å². The van der Waals surface area contributed by atoms with Crippen molar-refractivity contribution in [2.45, 2.75) is 32.8 Å². The number of amides is 2. The molecule has 0 saturated heterocycles. The Morgan fingerprint density at radius 2 is 1.91 bits per heavy atom. The molecule has 0 aliphatic heterocycles. The number of carbonyl (C=O) groups is 1. The predicted molar refractivity (Wildman–Crippen MR) is 89.3 cm³/mol. The van der Waals surface area contributed by atoms with Crippen molar-refractivity contribution < 1.29 is 14.3 Å². The summed E-state index contributed by atoms with van der Waals surface area (Å²) in [6.45, 7) is 6.34. The van der Waals surface area contributed by atoms with Gasteiger partial charge in [-0.1, -0.05) is 29.3 Å². The summed E-state index contributed by atoms with van der Waals surface area (Å²) in [5.41, 5.74) is 2.41. The van der Waals surface area contributed by atoms with Gasteiger partial charge in [0.2, 0.25) is 0 Å². The number of furan rings is 1. The van der Waals surface area contributed by atoms with Crippen LogP contribution < -0.4 is 10.6 Å². The minimum absolute atomic E-state index is 0.0793. The van der Waals surface area contributed by atoms with Gasteiger partial charge < -0.3 is 20.2 Å². The Balaban J connectivity index is 1.75. The summed E-state index contributed by atoms with van der Waals surface area (Å²) >= 11 is 0. The van der Waals surface area contributed by atoms with Gasteiger partial charge in [0, 0.05) is 6.54 Å². The molecule has 2 rings (SSSR count). The fraction of sp³-hybridized carbons (Fsp3) is 0.389. The zero-order valence-electron chi connectivity index (χ0n) is 13.8. The standard InChI is InChI=1S/C18H24N2O3/c1-13-9-14(2)11-15(10-13)6-7-19-17(21)20-12-18(3,22)16-5-4-8-23-16/h4-5,8-11,22H,6-7,12H2,1-3H3,(H2,19,20,21). The van der Waals surface area contributed by atoms with E-state index in [4.69, 9.17) is 4.42 Å². The molecule has 23 heavy (non-hydrogen) atoms. The Bertz CT molecular complexity index is 628. The van der Waals surface area contributed by atoms with E-state index in [-0.39, 0.29) is 12.6 Å². The molecule has 0 fully saturated rings. The normalized spacial score (nSPS) is 13.4. The molecule has 0 aliphatic rings. The molecule has 1 unspecified atom stereocenters. The molecule has 1 aromatic heterocycles. The number of hydrogen-bond donors (Lipinski definition) is 3. The number of carbonyl (C=O) groups excluding carboxylic acids is 1. The first-order valence-corrected chi connectivity index (χ1v) is 7.72. The van der Waals surface area contributed by atoms with Crippen LogP contribution in [0.25, 0.3) is 0 Å². The Morgan fingerprint density at radius 1 is 1.22 bits per heavy atom. The number of benzene rings is 1. The van der Waals surface area contributed by atoms with Crippen LogP contribution in [0.5, 0.6) is 0 Å². The Labute approximate surface area is 136 Å². The van der Waals surface area contributed by atoms with Crippen molar-refractivity contribution in [1.82, 2.24) is 10.6 Å².